The first-order valence-electron chi connectivity index (χ1n) is 10.6. The Morgan fingerprint density at radius 1 is 0.565 bits per heavy atom. The van der Waals surface area contributed by atoms with Crippen LogP contribution in [0.15, 0.2) is 0 Å². The molecule has 0 spiro atoms. The first-order valence-corrected chi connectivity index (χ1v) is 10.6. The minimum absolute atomic E-state index is 0.493. The van der Waals surface area contributed by atoms with Crippen molar-refractivity contribution < 1.29 is 0 Å². The quantitative estimate of drug-likeness (QED) is 0.249. The van der Waals surface area contributed by atoms with Crippen LogP contribution in [0.3, 0.4) is 0 Å². The summed E-state index contributed by atoms with van der Waals surface area (Å²) in [6.07, 6.45) is 22.2. The Morgan fingerprint density at radius 3 is 1.48 bits per heavy atom. The minimum Gasteiger partial charge on any atom is -0.0654 e. The molecule has 0 rings (SSSR count). The van der Waals surface area contributed by atoms with Crippen LogP contribution in [0.2, 0.25) is 0 Å². The summed E-state index contributed by atoms with van der Waals surface area (Å²) in [6.45, 7) is 14.3. The second kappa shape index (κ2) is 13.3. The lowest BCUT2D eigenvalue weighted by atomic mass is 9.78. The fourth-order valence-corrected chi connectivity index (χ4v) is 3.19. The fraction of sp³-hybridized carbons (Fsp3) is 0.957. The molecule has 0 heteroatoms. The van der Waals surface area contributed by atoms with Gasteiger partial charge in [-0.2, -0.15) is 0 Å². The highest BCUT2D eigenvalue weighted by molar-refractivity contribution is 4.82. The Hall–Kier alpha value is 0. The van der Waals surface area contributed by atoms with Crippen molar-refractivity contribution >= 4 is 0 Å². The zero-order valence-electron chi connectivity index (χ0n) is 17.5. The van der Waals surface area contributed by atoms with Gasteiger partial charge >= 0.3 is 0 Å². The van der Waals surface area contributed by atoms with E-state index in [2.05, 4.69) is 48.0 Å². The molecule has 23 heavy (non-hydrogen) atoms. The lowest BCUT2D eigenvalue weighted by molar-refractivity contribution is 0.285. The lowest BCUT2D eigenvalue weighted by Gasteiger charge is -2.28. The maximum Gasteiger partial charge on any atom is -0.0351 e. The monoisotopic (exact) mass is 323 g/mol. The molecular formula is C23H47. The van der Waals surface area contributed by atoms with Gasteiger partial charge in [0.2, 0.25) is 0 Å². The second-order valence-corrected chi connectivity index (χ2v) is 9.31. The average Bonchev–Trinajstić information content (AvgIpc) is 2.48. The van der Waals surface area contributed by atoms with E-state index in [9.17, 15) is 0 Å². The standard InChI is InChI=1S/C23H47/c1-7-9-10-11-12-13-14-15-16-17-19-23(5,6)21-18-20-22(3,4)8-2/h18H,7-17,19-21H2,1-6H3. The Bertz CT molecular complexity index is 249. The molecule has 0 amide bonds. The molecule has 0 fully saturated rings. The molecule has 1 radical (unpaired) electrons. The predicted molar refractivity (Wildman–Crippen MR) is 108 cm³/mol. The number of hydrogen-bond acceptors (Lipinski definition) is 0. The van der Waals surface area contributed by atoms with Gasteiger partial charge < -0.3 is 0 Å². The second-order valence-electron chi connectivity index (χ2n) is 9.31. The molecule has 0 unspecified atom stereocenters. The van der Waals surface area contributed by atoms with Gasteiger partial charge in [-0.25, -0.2) is 0 Å². The molecule has 0 N–H and O–H groups in total. The first kappa shape index (κ1) is 23.0. The molecule has 0 aromatic rings. The smallest absolute Gasteiger partial charge is 0.0351 e. The third-order valence-electron chi connectivity index (χ3n) is 5.56. The molecule has 0 aliphatic heterocycles. The minimum atomic E-state index is 0.493. The van der Waals surface area contributed by atoms with Gasteiger partial charge in [-0.15, -0.1) is 0 Å². The SMILES string of the molecule is CCCCCCCCCCCCC(C)(C)C[CH]CC(C)(C)CC. The van der Waals surface area contributed by atoms with Crippen molar-refractivity contribution in [3.63, 3.8) is 0 Å². The third kappa shape index (κ3) is 15.3. The van der Waals surface area contributed by atoms with Gasteiger partial charge in [0.25, 0.3) is 0 Å². The molecule has 0 atom stereocenters. The van der Waals surface area contributed by atoms with Gasteiger partial charge in [-0.05, 0) is 36.5 Å². The molecule has 139 valence electrons. The van der Waals surface area contributed by atoms with Crippen molar-refractivity contribution in [2.24, 2.45) is 10.8 Å². The van der Waals surface area contributed by atoms with Gasteiger partial charge in [0.15, 0.2) is 0 Å². The van der Waals surface area contributed by atoms with Crippen LogP contribution >= 0.6 is 0 Å². The molecule has 0 aliphatic carbocycles. The van der Waals surface area contributed by atoms with E-state index in [0.29, 0.717) is 10.8 Å². The van der Waals surface area contributed by atoms with Gasteiger partial charge in [-0.1, -0.05) is 112 Å². The normalized spacial score (nSPS) is 12.8. The van der Waals surface area contributed by atoms with Crippen molar-refractivity contribution in [1.29, 1.82) is 0 Å². The molecule has 0 aromatic heterocycles. The topological polar surface area (TPSA) is 0 Å². The summed E-state index contributed by atoms with van der Waals surface area (Å²) in [5.74, 6) is 0. The average molecular weight is 324 g/mol. The summed E-state index contributed by atoms with van der Waals surface area (Å²) in [5.41, 5.74) is 0.997. The Labute approximate surface area is 149 Å². The molecule has 0 saturated carbocycles. The van der Waals surface area contributed by atoms with Crippen LogP contribution in [0.4, 0.5) is 0 Å². The van der Waals surface area contributed by atoms with Gasteiger partial charge in [0, 0.05) is 0 Å². The summed E-state index contributed by atoms with van der Waals surface area (Å²) in [5, 5.41) is 0. The Balaban J connectivity index is 3.48. The van der Waals surface area contributed by atoms with E-state index in [0.717, 1.165) is 0 Å². The predicted octanol–water partition coefficient (Wildman–Crippen LogP) is 8.74. The van der Waals surface area contributed by atoms with E-state index in [1.165, 1.54) is 89.9 Å². The lowest BCUT2D eigenvalue weighted by Crippen LogP contribution is -2.15. The van der Waals surface area contributed by atoms with Gasteiger partial charge in [-0.3, -0.25) is 0 Å². The molecule has 0 saturated heterocycles. The van der Waals surface area contributed by atoms with Crippen LogP contribution in [-0.2, 0) is 0 Å². The summed E-state index contributed by atoms with van der Waals surface area (Å²) < 4.78 is 0. The van der Waals surface area contributed by atoms with Crippen molar-refractivity contribution in [3.05, 3.63) is 6.42 Å². The van der Waals surface area contributed by atoms with Crippen molar-refractivity contribution in [2.45, 2.75) is 131 Å². The molecule has 0 aliphatic rings. The summed E-state index contributed by atoms with van der Waals surface area (Å²) in [7, 11) is 0. The summed E-state index contributed by atoms with van der Waals surface area (Å²) in [6, 6.07) is 0. The van der Waals surface area contributed by atoms with Crippen LogP contribution in [0.25, 0.3) is 0 Å². The Morgan fingerprint density at radius 2 is 1.00 bits per heavy atom. The Kier molecular flexibility index (Phi) is 13.3. The van der Waals surface area contributed by atoms with E-state index < -0.39 is 0 Å². The fourth-order valence-electron chi connectivity index (χ4n) is 3.19. The molecule has 0 aromatic carbocycles. The van der Waals surface area contributed by atoms with E-state index in [1.807, 2.05) is 0 Å². The molecular weight excluding hydrogens is 276 g/mol. The molecule has 0 bridgehead atoms. The third-order valence-corrected chi connectivity index (χ3v) is 5.56. The van der Waals surface area contributed by atoms with Crippen molar-refractivity contribution in [3.8, 4) is 0 Å². The van der Waals surface area contributed by atoms with E-state index in [-0.39, 0.29) is 0 Å². The number of rotatable bonds is 16. The van der Waals surface area contributed by atoms with Gasteiger partial charge in [0.1, 0.15) is 0 Å². The van der Waals surface area contributed by atoms with Crippen LogP contribution in [-0.4, -0.2) is 0 Å². The zero-order valence-corrected chi connectivity index (χ0v) is 17.5. The molecule has 0 heterocycles. The summed E-state index contributed by atoms with van der Waals surface area (Å²) >= 11 is 0. The summed E-state index contributed by atoms with van der Waals surface area (Å²) in [4.78, 5) is 0. The highest BCUT2D eigenvalue weighted by Gasteiger charge is 2.20. The van der Waals surface area contributed by atoms with Crippen LogP contribution in [0.1, 0.15) is 131 Å². The highest BCUT2D eigenvalue weighted by Crippen LogP contribution is 2.33. The van der Waals surface area contributed by atoms with Crippen molar-refractivity contribution in [1.82, 2.24) is 0 Å². The van der Waals surface area contributed by atoms with Crippen LogP contribution in [0, 0.1) is 17.3 Å². The first-order chi connectivity index (χ1) is 10.8. The van der Waals surface area contributed by atoms with Crippen LogP contribution in [0.5, 0.6) is 0 Å². The zero-order chi connectivity index (χ0) is 17.6. The maximum absolute atomic E-state index is 2.56. The van der Waals surface area contributed by atoms with Gasteiger partial charge in [0.05, 0.1) is 0 Å². The molecule has 0 nitrogen and oxygen atoms in total. The maximum atomic E-state index is 2.56. The highest BCUT2D eigenvalue weighted by atomic mass is 14.3. The van der Waals surface area contributed by atoms with E-state index >= 15 is 0 Å². The van der Waals surface area contributed by atoms with E-state index in [1.54, 1.807) is 0 Å². The largest absolute Gasteiger partial charge is 0.0654 e. The number of unbranched alkanes of at least 4 members (excludes halogenated alkanes) is 9. The number of hydrogen-bond donors (Lipinski definition) is 0. The van der Waals surface area contributed by atoms with Crippen LogP contribution < -0.4 is 0 Å². The van der Waals surface area contributed by atoms with Crippen molar-refractivity contribution in [2.75, 3.05) is 0 Å². The van der Waals surface area contributed by atoms with E-state index in [4.69, 9.17) is 0 Å².